The topological polar surface area (TPSA) is 55.8 Å². The molecule has 0 radical (unpaired) electrons. The van der Waals surface area contributed by atoms with Gasteiger partial charge >= 0.3 is 5.97 Å². The average Bonchev–Trinajstić information content (AvgIpc) is 2.64. The summed E-state index contributed by atoms with van der Waals surface area (Å²) in [6.07, 6.45) is -0.140. The van der Waals surface area contributed by atoms with Gasteiger partial charge in [0, 0.05) is 4.75 Å². The van der Waals surface area contributed by atoms with Crippen molar-refractivity contribution >= 4 is 32.0 Å². The van der Waals surface area contributed by atoms with Gasteiger partial charge in [0.15, 0.2) is 8.32 Å². The van der Waals surface area contributed by atoms with E-state index in [1.165, 1.54) is 7.11 Å². The second-order valence-corrected chi connectivity index (χ2v) is 15.4. The number of hydrogen-bond acceptors (Lipinski definition) is 5. The Morgan fingerprint density at radius 1 is 1.33 bits per heavy atom. The van der Waals surface area contributed by atoms with Gasteiger partial charge in [-0.2, -0.15) is 0 Å². The Kier molecular flexibility index (Phi) is 4.96. The van der Waals surface area contributed by atoms with E-state index in [0.29, 0.717) is 0 Å². The van der Waals surface area contributed by atoms with Gasteiger partial charge in [0.05, 0.1) is 24.5 Å². The number of esters is 1. The highest BCUT2D eigenvalue weighted by atomic mass is 32.2. The Labute approximate surface area is 151 Å². The minimum absolute atomic E-state index is 0.00336. The molecule has 2 heterocycles. The molecule has 138 valence electrons. The van der Waals surface area contributed by atoms with E-state index in [1.54, 1.807) is 16.7 Å². The minimum atomic E-state index is -1.94. The fourth-order valence-electron chi connectivity index (χ4n) is 3.28. The third-order valence-corrected chi connectivity index (χ3v) is 11.9. The summed E-state index contributed by atoms with van der Waals surface area (Å²) in [5, 5.41) is 0.0982. The van der Waals surface area contributed by atoms with Crippen LogP contribution < -0.4 is 0 Å². The van der Waals surface area contributed by atoms with Crippen molar-refractivity contribution in [2.45, 2.75) is 81.9 Å². The highest BCUT2D eigenvalue weighted by Gasteiger charge is 2.65. The molecule has 0 aromatic heterocycles. The van der Waals surface area contributed by atoms with Gasteiger partial charge in [-0.15, -0.1) is 11.8 Å². The summed E-state index contributed by atoms with van der Waals surface area (Å²) >= 11 is 1.68. The first-order valence-corrected chi connectivity index (χ1v) is 12.3. The zero-order valence-corrected chi connectivity index (χ0v) is 18.1. The van der Waals surface area contributed by atoms with Gasteiger partial charge in [-0.25, -0.2) is 4.79 Å². The lowest BCUT2D eigenvalue weighted by Gasteiger charge is -2.48. The summed E-state index contributed by atoms with van der Waals surface area (Å²) < 4.78 is 11.0. The molecule has 0 aliphatic carbocycles. The van der Waals surface area contributed by atoms with Crippen LogP contribution in [0.15, 0.2) is 0 Å². The van der Waals surface area contributed by atoms with Crippen molar-refractivity contribution < 1.29 is 18.8 Å². The molecule has 0 aromatic carbocycles. The van der Waals surface area contributed by atoms with Gasteiger partial charge in [0.25, 0.3) is 0 Å². The van der Waals surface area contributed by atoms with Gasteiger partial charge in [-0.3, -0.25) is 4.79 Å². The molecule has 2 rings (SSSR count). The number of nitrogens with zero attached hydrogens (tertiary/aromatic N) is 1. The van der Waals surface area contributed by atoms with E-state index in [9.17, 15) is 9.59 Å². The molecule has 2 aliphatic heterocycles. The number of methoxy groups -OCH3 is 1. The molecule has 2 fully saturated rings. The second-order valence-electron chi connectivity index (χ2n) is 8.89. The summed E-state index contributed by atoms with van der Waals surface area (Å²) in [7, 11) is -0.563. The Bertz CT molecular complexity index is 543. The Balaban J connectivity index is 2.17. The highest BCUT2D eigenvalue weighted by molar-refractivity contribution is 8.01. The first kappa shape index (κ1) is 19.8. The number of ether oxygens (including phenoxy) is 1. The Hall–Kier alpha value is -0.533. The maximum atomic E-state index is 12.8. The molecule has 2 aliphatic rings. The monoisotopic (exact) mass is 373 g/mol. The van der Waals surface area contributed by atoms with E-state index in [-0.39, 0.29) is 39.1 Å². The number of β-lactam (4-membered cyclic amide) rings is 1. The maximum Gasteiger partial charge on any atom is 0.330 e. The molecule has 4 atom stereocenters. The van der Waals surface area contributed by atoms with E-state index in [4.69, 9.17) is 9.16 Å². The van der Waals surface area contributed by atoms with E-state index >= 15 is 0 Å². The lowest BCUT2D eigenvalue weighted by atomic mass is 9.88. The van der Waals surface area contributed by atoms with Gasteiger partial charge in [-0.05, 0) is 38.9 Å². The minimum Gasteiger partial charge on any atom is -0.467 e. The quantitative estimate of drug-likeness (QED) is 0.430. The van der Waals surface area contributed by atoms with Gasteiger partial charge in [0.2, 0.25) is 5.91 Å². The fraction of sp³-hybridized carbons (Fsp3) is 0.882. The molecule has 0 N–H and O–H groups in total. The molecule has 0 bridgehead atoms. The molecule has 2 saturated heterocycles. The van der Waals surface area contributed by atoms with Crippen molar-refractivity contribution in [2.24, 2.45) is 5.92 Å². The fourth-order valence-corrected chi connectivity index (χ4v) is 6.50. The number of hydrogen-bond donors (Lipinski definition) is 0. The van der Waals surface area contributed by atoms with Crippen LogP contribution in [-0.4, -0.2) is 54.5 Å². The SMILES string of the molecule is COC(=O)[C@@H]1N2C(=O)C(C(C)O[Si](C)(C)C(C)(C)C)[C@H]2SC1(C)C. The Morgan fingerprint density at radius 2 is 1.88 bits per heavy atom. The summed E-state index contributed by atoms with van der Waals surface area (Å²) in [6, 6.07) is -0.513. The van der Waals surface area contributed by atoms with Crippen molar-refractivity contribution in [3.05, 3.63) is 0 Å². The number of carbonyl (C=O) groups excluding carboxylic acids is 2. The standard InChI is InChI=1S/C17H31NO4SSi/c1-10(22-24(8,9)16(2,3)4)11-13(19)18-12(15(20)21-7)17(5,6)23-14(11)18/h10-12,14H,1-9H3/t10?,11?,12-,14+/m0/s1. The third kappa shape index (κ3) is 3.03. The first-order valence-electron chi connectivity index (χ1n) is 8.50. The van der Waals surface area contributed by atoms with Crippen LogP contribution in [0.3, 0.4) is 0 Å². The average molecular weight is 374 g/mol. The van der Waals surface area contributed by atoms with Gasteiger partial charge in [0.1, 0.15) is 6.04 Å². The van der Waals surface area contributed by atoms with Crippen LogP contribution in [0.2, 0.25) is 18.1 Å². The molecule has 7 heteroatoms. The number of carbonyl (C=O) groups is 2. The van der Waals surface area contributed by atoms with Crippen molar-refractivity contribution in [1.29, 1.82) is 0 Å². The predicted octanol–water partition coefficient (Wildman–Crippen LogP) is 3.25. The molecule has 0 saturated carbocycles. The number of thioether (sulfide) groups is 1. The van der Waals surface area contributed by atoms with Crippen molar-refractivity contribution in [1.82, 2.24) is 4.90 Å². The van der Waals surface area contributed by atoms with E-state index < -0.39 is 14.4 Å². The molecule has 5 nitrogen and oxygen atoms in total. The zero-order valence-electron chi connectivity index (χ0n) is 16.3. The molecule has 1 amide bonds. The molecule has 0 aromatic rings. The van der Waals surface area contributed by atoms with Crippen LogP contribution in [-0.2, 0) is 18.8 Å². The van der Waals surface area contributed by atoms with Gasteiger partial charge < -0.3 is 14.1 Å². The van der Waals surface area contributed by atoms with Crippen molar-refractivity contribution in [3.63, 3.8) is 0 Å². The van der Waals surface area contributed by atoms with Crippen LogP contribution in [0.25, 0.3) is 0 Å². The van der Waals surface area contributed by atoms with E-state index in [1.807, 2.05) is 20.8 Å². The highest BCUT2D eigenvalue weighted by Crippen LogP contribution is 2.55. The molecule has 0 spiro atoms. The largest absolute Gasteiger partial charge is 0.467 e. The molecule has 24 heavy (non-hydrogen) atoms. The lowest BCUT2D eigenvalue weighted by molar-refractivity contribution is -0.169. The van der Waals surface area contributed by atoms with Crippen molar-refractivity contribution in [2.75, 3.05) is 7.11 Å². The Morgan fingerprint density at radius 3 is 2.33 bits per heavy atom. The first-order chi connectivity index (χ1) is 10.7. The molecular weight excluding hydrogens is 342 g/mol. The third-order valence-electron chi connectivity index (χ3n) is 5.70. The number of amides is 1. The summed E-state index contributed by atoms with van der Waals surface area (Å²) in [5.74, 6) is -0.502. The molecule has 2 unspecified atom stereocenters. The normalized spacial score (nSPS) is 30.6. The summed E-state index contributed by atoms with van der Waals surface area (Å²) in [4.78, 5) is 26.6. The lowest BCUT2D eigenvalue weighted by Crippen LogP contribution is -2.66. The van der Waals surface area contributed by atoms with Crippen LogP contribution in [0.5, 0.6) is 0 Å². The summed E-state index contributed by atoms with van der Waals surface area (Å²) in [6.45, 7) is 17.0. The number of fused-ring (bicyclic) bond motifs is 1. The summed E-state index contributed by atoms with van der Waals surface area (Å²) in [5.41, 5.74) is 0. The van der Waals surface area contributed by atoms with Gasteiger partial charge in [-0.1, -0.05) is 20.8 Å². The van der Waals surface area contributed by atoms with Crippen LogP contribution in [0.1, 0.15) is 41.5 Å². The van der Waals surface area contributed by atoms with Crippen LogP contribution in [0.4, 0.5) is 0 Å². The zero-order chi connectivity index (χ0) is 18.7. The number of rotatable bonds is 4. The van der Waals surface area contributed by atoms with Crippen LogP contribution >= 0.6 is 11.8 Å². The van der Waals surface area contributed by atoms with Crippen LogP contribution in [0, 0.1) is 5.92 Å². The van der Waals surface area contributed by atoms with Crippen molar-refractivity contribution in [3.8, 4) is 0 Å². The van der Waals surface area contributed by atoms with E-state index in [0.717, 1.165) is 0 Å². The molecular formula is C17H31NO4SSi. The smallest absolute Gasteiger partial charge is 0.330 e. The second kappa shape index (κ2) is 6.02. The maximum absolute atomic E-state index is 12.8. The van der Waals surface area contributed by atoms with E-state index in [2.05, 4.69) is 33.9 Å². The predicted molar refractivity (Wildman–Crippen MR) is 99.3 cm³/mol.